The molecule has 0 bridgehead atoms. The first-order valence-electron chi connectivity index (χ1n) is 2.91. The molecular weight excluding hydrogens is 136 g/mol. The molecule has 1 amide bonds. The fourth-order valence-electron chi connectivity index (χ4n) is 0.662. The fraction of sp³-hybridized carbons (Fsp3) is 0.800. The van der Waals surface area contributed by atoms with Gasteiger partial charge >= 0.3 is 6.09 Å². The lowest BCUT2D eigenvalue weighted by Gasteiger charge is -2.36. The molecule has 1 saturated heterocycles. The third-order valence-corrected chi connectivity index (χ3v) is 1.28. The smallest absolute Gasteiger partial charge is 0.404 e. The summed E-state index contributed by atoms with van der Waals surface area (Å²) in [4.78, 5) is 10.1. The van der Waals surface area contributed by atoms with Gasteiger partial charge in [-0.1, -0.05) is 0 Å². The van der Waals surface area contributed by atoms with E-state index in [4.69, 9.17) is 16.2 Å². The van der Waals surface area contributed by atoms with Crippen LogP contribution in [0.4, 0.5) is 4.79 Å². The molecule has 10 heavy (non-hydrogen) atoms. The standard InChI is InChI=1S/C5H10N2O3/c6-4(8)10-3-5(7)1-9-2-5/h1-3,7H2,(H2,6,8). The Bertz CT molecular complexity index is 144. The SMILES string of the molecule is NC(=O)OCC1(N)COC1. The van der Waals surface area contributed by atoms with Crippen molar-refractivity contribution in [2.24, 2.45) is 11.5 Å². The van der Waals surface area contributed by atoms with Gasteiger partial charge in [-0.2, -0.15) is 0 Å². The van der Waals surface area contributed by atoms with Gasteiger partial charge in [-0.3, -0.25) is 0 Å². The Labute approximate surface area is 58.3 Å². The summed E-state index contributed by atoms with van der Waals surface area (Å²) in [5, 5.41) is 0. The minimum absolute atomic E-state index is 0.141. The summed E-state index contributed by atoms with van der Waals surface area (Å²) in [5.74, 6) is 0. The van der Waals surface area contributed by atoms with Crippen molar-refractivity contribution in [2.75, 3.05) is 19.8 Å². The van der Waals surface area contributed by atoms with Crippen LogP contribution in [-0.4, -0.2) is 31.5 Å². The van der Waals surface area contributed by atoms with E-state index in [0.717, 1.165) is 0 Å². The molecule has 0 aliphatic carbocycles. The van der Waals surface area contributed by atoms with E-state index < -0.39 is 11.6 Å². The average Bonchev–Trinajstić information content (AvgIpc) is 1.79. The van der Waals surface area contributed by atoms with Gasteiger partial charge in [0.2, 0.25) is 0 Å². The molecule has 0 saturated carbocycles. The van der Waals surface area contributed by atoms with Crippen molar-refractivity contribution in [3.8, 4) is 0 Å². The van der Waals surface area contributed by atoms with E-state index in [0.29, 0.717) is 13.2 Å². The molecule has 0 unspecified atom stereocenters. The summed E-state index contributed by atoms with van der Waals surface area (Å²) >= 11 is 0. The lowest BCUT2D eigenvalue weighted by molar-refractivity contribution is -0.0779. The Morgan fingerprint density at radius 1 is 1.70 bits per heavy atom. The molecular formula is C5H10N2O3. The first kappa shape index (κ1) is 7.30. The lowest BCUT2D eigenvalue weighted by atomic mass is 10.0. The van der Waals surface area contributed by atoms with Crippen molar-refractivity contribution >= 4 is 6.09 Å². The van der Waals surface area contributed by atoms with E-state index in [1.807, 2.05) is 0 Å². The summed E-state index contributed by atoms with van der Waals surface area (Å²) in [6.07, 6.45) is -0.795. The number of carbonyl (C=O) groups is 1. The predicted octanol–water partition coefficient (Wildman–Crippen LogP) is -1.19. The van der Waals surface area contributed by atoms with Crippen LogP contribution in [0, 0.1) is 0 Å². The Hall–Kier alpha value is -0.810. The Morgan fingerprint density at radius 3 is 2.60 bits per heavy atom. The van der Waals surface area contributed by atoms with Gasteiger partial charge in [-0.25, -0.2) is 4.79 Å². The largest absolute Gasteiger partial charge is 0.448 e. The van der Waals surface area contributed by atoms with Crippen LogP contribution in [0.15, 0.2) is 0 Å². The molecule has 1 rings (SSSR count). The minimum atomic E-state index is -0.795. The van der Waals surface area contributed by atoms with Crippen molar-refractivity contribution in [3.05, 3.63) is 0 Å². The van der Waals surface area contributed by atoms with Gasteiger partial charge in [0.05, 0.1) is 18.8 Å². The van der Waals surface area contributed by atoms with Crippen LogP contribution in [0.5, 0.6) is 0 Å². The number of primary amides is 1. The van der Waals surface area contributed by atoms with Crippen LogP contribution in [0.3, 0.4) is 0 Å². The maximum Gasteiger partial charge on any atom is 0.404 e. The minimum Gasteiger partial charge on any atom is -0.448 e. The molecule has 5 nitrogen and oxygen atoms in total. The molecule has 1 aliphatic heterocycles. The van der Waals surface area contributed by atoms with Gasteiger partial charge in [-0.05, 0) is 0 Å². The highest BCUT2D eigenvalue weighted by atomic mass is 16.6. The summed E-state index contributed by atoms with van der Waals surface area (Å²) < 4.78 is 9.30. The van der Waals surface area contributed by atoms with Crippen molar-refractivity contribution in [1.82, 2.24) is 0 Å². The highest BCUT2D eigenvalue weighted by Crippen LogP contribution is 2.12. The summed E-state index contributed by atoms with van der Waals surface area (Å²) in [6.45, 7) is 1.00. The lowest BCUT2D eigenvalue weighted by Crippen LogP contribution is -2.61. The number of nitrogens with two attached hydrogens (primary N) is 2. The quantitative estimate of drug-likeness (QED) is 0.512. The Morgan fingerprint density at radius 2 is 2.30 bits per heavy atom. The topological polar surface area (TPSA) is 87.6 Å². The van der Waals surface area contributed by atoms with Crippen LogP contribution in [0.2, 0.25) is 0 Å². The highest BCUT2D eigenvalue weighted by Gasteiger charge is 2.35. The van der Waals surface area contributed by atoms with Gasteiger partial charge < -0.3 is 20.9 Å². The molecule has 1 heterocycles. The summed E-state index contributed by atoms with van der Waals surface area (Å²) in [6, 6.07) is 0. The number of carbonyl (C=O) groups excluding carboxylic acids is 1. The molecule has 0 atom stereocenters. The van der Waals surface area contributed by atoms with Crippen molar-refractivity contribution in [3.63, 3.8) is 0 Å². The molecule has 5 heteroatoms. The maximum absolute atomic E-state index is 10.1. The molecule has 1 fully saturated rings. The number of rotatable bonds is 2. The van der Waals surface area contributed by atoms with Crippen molar-refractivity contribution in [1.29, 1.82) is 0 Å². The van der Waals surface area contributed by atoms with E-state index in [-0.39, 0.29) is 6.61 Å². The van der Waals surface area contributed by atoms with Crippen LogP contribution in [0.25, 0.3) is 0 Å². The van der Waals surface area contributed by atoms with Crippen LogP contribution >= 0.6 is 0 Å². The first-order chi connectivity index (χ1) is 4.62. The molecule has 0 aromatic rings. The van der Waals surface area contributed by atoms with Gasteiger partial charge in [0.25, 0.3) is 0 Å². The zero-order valence-corrected chi connectivity index (χ0v) is 5.50. The second-order valence-corrected chi connectivity index (χ2v) is 2.46. The van der Waals surface area contributed by atoms with Gasteiger partial charge in [0.1, 0.15) is 6.61 Å². The van der Waals surface area contributed by atoms with Crippen molar-refractivity contribution in [2.45, 2.75) is 5.54 Å². The van der Waals surface area contributed by atoms with Crippen molar-refractivity contribution < 1.29 is 14.3 Å². The van der Waals surface area contributed by atoms with E-state index in [2.05, 4.69) is 4.74 Å². The first-order valence-corrected chi connectivity index (χ1v) is 2.91. The van der Waals surface area contributed by atoms with E-state index in [1.54, 1.807) is 0 Å². The Balaban J connectivity index is 2.18. The zero-order chi connectivity index (χ0) is 7.61. The number of ether oxygens (including phenoxy) is 2. The third kappa shape index (κ3) is 1.58. The summed E-state index contributed by atoms with van der Waals surface area (Å²) in [5.41, 5.74) is 9.82. The normalized spacial score (nSPS) is 21.3. The van der Waals surface area contributed by atoms with E-state index >= 15 is 0 Å². The number of amides is 1. The van der Waals surface area contributed by atoms with Crippen LogP contribution < -0.4 is 11.5 Å². The Kier molecular flexibility index (Phi) is 1.78. The van der Waals surface area contributed by atoms with Crippen LogP contribution in [0.1, 0.15) is 0 Å². The highest BCUT2D eigenvalue weighted by molar-refractivity contribution is 5.64. The molecule has 1 aliphatic rings. The summed E-state index contributed by atoms with van der Waals surface area (Å²) in [7, 11) is 0. The monoisotopic (exact) mass is 146 g/mol. The second-order valence-electron chi connectivity index (χ2n) is 2.46. The molecule has 0 aromatic heterocycles. The average molecular weight is 146 g/mol. The van der Waals surface area contributed by atoms with Crippen LogP contribution in [-0.2, 0) is 9.47 Å². The number of hydrogen-bond donors (Lipinski definition) is 2. The van der Waals surface area contributed by atoms with Gasteiger partial charge in [0.15, 0.2) is 0 Å². The zero-order valence-electron chi connectivity index (χ0n) is 5.50. The van der Waals surface area contributed by atoms with Gasteiger partial charge in [0, 0.05) is 0 Å². The van der Waals surface area contributed by atoms with E-state index in [9.17, 15) is 4.79 Å². The molecule has 4 N–H and O–H groups in total. The predicted molar refractivity (Wildman–Crippen MR) is 33.3 cm³/mol. The third-order valence-electron chi connectivity index (χ3n) is 1.28. The number of hydrogen-bond acceptors (Lipinski definition) is 4. The molecule has 0 spiro atoms. The second kappa shape index (κ2) is 2.43. The fourth-order valence-corrected chi connectivity index (χ4v) is 0.662. The maximum atomic E-state index is 10.1. The molecule has 0 aromatic carbocycles. The van der Waals surface area contributed by atoms with E-state index in [1.165, 1.54) is 0 Å². The molecule has 58 valence electrons. The molecule has 0 radical (unpaired) electrons. The van der Waals surface area contributed by atoms with Gasteiger partial charge in [-0.15, -0.1) is 0 Å².